The van der Waals surface area contributed by atoms with Crippen molar-refractivity contribution >= 4 is 72.2 Å². The van der Waals surface area contributed by atoms with Gasteiger partial charge in [0.2, 0.25) is 0 Å². The second-order valence-corrected chi connectivity index (χ2v) is 20.1. The number of hydrogen-bond acceptors (Lipinski definition) is 12. The first-order valence-electron chi connectivity index (χ1n) is 21.9. The Morgan fingerprint density at radius 3 is 2.57 bits per heavy atom. The number of carbonyl (C=O) groups excluding carboxylic acids is 1. The standard InChI is InChI=1S/C47H52ClN9O7S/c1-47(2)14-10-33(38(25-47)31-4-6-34(48)7-5-31)28-55-16-18-56(19-17-55)35-8-9-37(40(23-35)64-36-22-32-11-15-49-45(32)51-27-36)46(58)53-65(61,62)41-24-39(57(59)60)42(44-43(41)52-29-54(44)3)50-26-30-12-20-63-21-13-30/h4-9,11,15,22-24,27,29-30,50H,10,12-14,16-21,25-26,28H2,1-3H3,(H,49,51)(H,53,58). The van der Waals surface area contributed by atoms with Crippen molar-refractivity contribution in [2.75, 3.05) is 62.7 Å². The van der Waals surface area contributed by atoms with Crippen molar-refractivity contribution in [1.82, 2.24) is 29.1 Å². The molecule has 2 fully saturated rings. The number of ether oxygens (including phenoxy) is 2. The van der Waals surface area contributed by atoms with E-state index in [-0.39, 0.29) is 39.4 Å². The Morgan fingerprint density at radius 2 is 1.82 bits per heavy atom. The Kier molecular flexibility index (Phi) is 12.3. The van der Waals surface area contributed by atoms with Crippen LogP contribution in [-0.2, 0) is 21.8 Å². The molecule has 0 spiro atoms. The number of aryl methyl sites for hydroxylation is 1. The smallest absolute Gasteiger partial charge is 0.296 e. The Bertz CT molecular complexity index is 2920. The molecule has 0 saturated carbocycles. The van der Waals surface area contributed by atoms with E-state index in [4.69, 9.17) is 21.1 Å². The molecular weight excluding hydrogens is 870 g/mol. The third kappa shape index (κ3) is 9.55. The predicted octanol–water partition coefficient (Wildman–Crippen LogP) is 8.55. The second kappa shape index (κ2) is 18.1. The van der Waals surface area contributed by atoms with Crippen molar-refractivity contribution in [2.45, 2.75) is 50.8 Å². The lowest BCUT2D eigenvalue weighted by molar-refractivity contribution is -0.384. The number of allylic oxidation sites excluding steroid dienone is 1. The number of anilines is 2. The van der Waals surface area contributed by atoms with E-state index < -0.39 is 31.4 Å². The number of H-pyrrole nitrogens is 1. The number of pyridine rings is 1. The molecule has 65 heavy (non-hydrogen) atoms. The lowest BCUT2D eigenvalue weighted by Gasteiger charge is -2.39. The number of aromatic nitrogens is 4. The van der Waals surface area contributed by atoms with E-state index in [2.05, 4.69) is 60.8 Å². The van der Waals surface area contributed by atoms with E-state index in [1.165, 1.54) is 33.8 Å². The summed E-state index contributed by atoms with van der Waals surface area (Å²) < 4.78 is 44.0. The normalized spacial score (nSPS) is 17.4. The van der Waals surface area contributed by atoms with Crippen molar-refractivity contribution < 1.29 is 27.6 Å². The first-order chi connectivity index (χ1) is 31.2. The maximum absolute atomic E-state index is 14.2. The molecular formula is C47H52ClN9O7S. The number of nitro benzene ring substituents is 1. The summed E-state index contributed by atoms with van der Waals surface area (Å²) in [6, 6.07) is 17.8. The zero-order chi connectivity index (χ0) is 45.5. The van der Waals surface area contributed by atoms with Crippen molar-refractivity contribution in [3.8, 4) is 11.5 Å². The summed E-state index contributed by atoms with van der Waals surface area (Å²) in [6.07, 6.45) is 9.43. The van der Waals surface area contributed by atoms with E-state index >= 15 is 0 Å². The molecule has 3 aromatic heterocycles. The van der Waals surface area contributed by atoms with Crippen molar-refractivity contribution in [2.24, 2.45) is 18.4 Å². The van der Waals surface area contributed by atoms with Crippen LogP contribution in [0.25, 0.3) is 27.6 Å². The fourth-order valence-corrected chi connectivity index (χ4v) is 10.5. The number of sulfonamides is 1. The van der Waals surface area contributed by atoms with Gasteiger partial charge in [0.1, 0.15) is 33.2 Å². The minimum absolute atomic E-state index is 0.0189. The van der Waals surface area contributed by atoms with Crippen LogP contribution < -0.4 is 19.7 Å². The summed E-state index contributed by atoms with van der Waals surface area (Å²) in [5, 5.41) is 17.2. The summed E-state index contributed by atoms with van der Waals surface area (Å²) in [4.78, 5) is 42.2. The van der Waals surface area contributed by atoms with Gasteiger partial charge in [-0.2, -0.15) is 0 Å². The lowest BCUT2D eigenvalue weighted by Crippen LogP contribution is -2.47. The van der Waals surface area contributed by atoms with E-state index in [0.717, 1.165) is 73.9 Å². The van der Waals surface area contributed by atoms with E-state index in [9.17, 15) is 23.3 Å². The number of benzene rings is 3. The van der Waals surface area contributed by atoms with Gasteiger partial charge >= 0.3 is 0 Å². The fourth-order valence-electron chi connectivity index (χ4n) is 9.22. The van der Waals surface area contributed by atoms with Gasteiger partial charge in [-0.25, -0.2) is 23.1 Å². The van der Waals surface area contributed by atoms with Crippen LogP contribution in [0, 0.1) is 21.4 Å². The monoisotopic (exact) mass is 921 g/mol. The number of nitrogens with one attached hydrogen (secondary N) is 3. The van der Waals surface area contributed by atoms with Crippen LogP contribution in [0.2, 0.25) is 5.02 Å². The molecule has 0 radical (unpaired) electrons. The molecule has 5 heterocycles. The zero-order valence-electron chi connectivity index (χ0n) is 36.6. The third-order valence-corrected chi connectivity index (χ3v) is 14.5. The van der Waals surface area contributed by atoms with Crippen molar-refractivity contribution in [1.29, 1.82) is 0 Å². The number of amides is 1. The van der Waals surface area contributed by atoms with Gasteiger partial charge in [-0.15, -0.1) is 0 Å². The maximum atomic E-state index is 14.2. The summed E-state index contributed by atoms with van der Waals surface area (Å²) in [7, 11) is -3.11. The molecule has 1 amide bonds. The highest BCUT2D eigenvalue weighted by Gasteiger charge is 2.33. The number of aromatic amines is 1. The molecule has 3 aliphatic rings. The molecule has 16 nitrogen and oxygen atoms in total. The minimum atomic E-state index is -4.74. The highest BCUT2D eigenvalue weighted by atomic mass is 35.5. The molecule has 2 aliphatic heterocycles. The minimum Gasteiger partial charge on any atom is -0.455 e. The van der Waals surface area contributed by atoms with Crippen LogP contribution in [0.5, 0.6) is 11.5 Å². The van der Waals surface area contributed by atoms with Gasteiger partial charge in [0.05, 0.1) is 28.5 Å². The average molecular weight is 923 g/mol. The highest BCUT2D eigenvalue weighted by Crippen LogP contribution is 2.44. The van der Waals surface area contributed by atoms with Gasteiger partial charge in [-0.3, -0.25) is 19.8 Å². The molecule has 9 rings (SSSR count). The Balaban J connectivity index is 0.976. The van der Waals surface area contributed by atoms with E-state index in [1.54, 1.807) is 37.5 Å². The number of piperazine rings is 1. The zero-order valence-corrected chi connectivity index (χ0v) is 38.2. The lowest BCUT2D eigenvalue weighted by atomic mass is 9.72. The molecule has 340 valence electrons. The molecule has 3 aromatic carbocycles. The quantitative estimate of drug-likeness (QED) is 0.0741. The number of imidazole rings is 1. The van der Waals surface area contributed by atoms with Crippen LogP contribution in [0.4, 0.5) is 17.1 Å². The fraction of sp³-hybridized carbons (Fsp3) is 0.383. The van der Waals surface area contributed by atoms with Crippen LogP contribution in [0.15, 0.2) is 89.9 Å². The number of fused-ring (bicyclic) bond motifs is 2. The third-order valence-electron chi connectivity index (χ3n) is 12.9. The van der Waals surface area contributed by atoms with Gasteiger partial charge in [0.25, 0.3) is 21.6 Å². The summed E-state index contributed by atoms with van der Waals surface area (Å²) in [5.74, 6) is -0.320. The summed E-state index contributed by atoms with van der Waals surface area (Å²) in [6.45, 7) is 10.2. The Hall–Kier alpha value is -6.01. The highest BCUT2D eigenvalue weighted by molar-refractivity contribution is 7.90. The number of nitro groups is 1. The molecule has 3 N–H and O–H groups in total. The molecule has 2 saturated heterocycles. The van der Waals surface area contributed by atoms with Crippen molar-refractivity contribution in [3.63, 3.8) is 0 Å². The Labute approximate surface area is 382 Å². The predicted molar refractivity (Wildman–Crippen MR) is 251 cm³/mol. The van der Waals surface area contributed by atoms with Gasteiger partial charge in [0.15, 0.2) is 0 Å². The molecule has 0 unspecified atom stereocenters. The van der Waals surface area contributed by atoms with E-state index in [0.29, 0.717) is 44.2 Å². The second-order valence-electron chi connectivity index (χ2n) is 18.0. The van der Waals surface area contributed by atoms with Gasteiger partial charge in [-0.05, 0) is 91.0 Å². The van der Waals surface area contributed by atoms with Gasteiger partial charge in [-0.1, -0.05) is 43.2 Å². The average Bonchev–Trinajstić information content (AvgIpc) is 3.93. The summed E-state index contributed by atoms with van der Waals surface area (Å²) in [5.41, 5.74) is 5.60. The Morgan fingerprint density at radius 1 is 1.05 bits per heavy atom. The van der Waals surface area contributed by atoms with Gasteiger partial charge < -0.3 is 29.2 Å². The number of halogens is 1. The molecule has 1 aliphatic carbocycles. The van der Waals surface area contributed by atoms with Crippen molar-refractivity contribution in [3.05, 3.63) is 111 Å². The van der Waals surface area contributed by atoms with Crippen LogP contribution in [0.1, 0.15) is 61.9 Å². The largest absolute Gasteiger partial charge is 0.455 e. The van der Waals surface area contributed by atoms with Crippen LogP contribution in [-0.4, -0.2) is 96.1 Å². The van der Waals surface area contributed by atoms with E-state index in [1.807, 2.05) is 18.2 Å². The SMILES string of the molecule is Cn1cnc2c(S(=O)(=O)NC(=O)c3ccc(N4CCN(CC5=C(c6ccc(Cl)cc6)CC(C)(C)CC5)CC4)cc3Oc3cnc4[nH]ccc4c3)cc([N+](=O)[O-])c(NCC3CCOCC3)c21. The molecule has 0 bridgehead atoms. The van der Waals surface area contributed by atoms with Crippen LogP contribution in [0.3, 0.4) is 0 Å². The topological polar surface area (TPSA) is 190 Å². The molecule has 0 atom stereocenters. The number of carbonyl (C=O) groups is 1. The molecule has 6 aromatic rings. The summed E-state index contributed by atoms with van der Waals surface area (Å²) >= 11 is 6.25. The number of nitrogens with zero attached hydrogens (tertiary/aromatic N) is 6. The molecule has 18 heteroatoms. The first kappa shape index (κ1) is 44.2. The maximum Gasteiger partial charge on any atom is 0.296 e. The van der Waals surface area contributed by atoms with Gasteiger partial charge in [0, 0.05) is 94.0 Å². The number of rotatable bonds is 13. The first-order valence-corrected chi connectivity index (χ1v) is 23.8. The number of hydrogen-bond donors (Lipinski definition) is 3. The van der Waals surface area contributed by atoms with Crippen LogP contribution >= 0.6 is 11.6 Å².